The number of carbonyl (C=O) groups is 1. The highest BCUT2D eigenvalue weighted by Gasteiger charge is 1.98. The second kappa shape index (κ2) is 9.77. The van der Waals surface area contributed by atoms with E-state index in [0.29, 0.717) is 19.8 Å². The first kappa shape index (κ1) is 17.0. The van der Waals surface area contributed by atoms with E-state index >= 15 is 0 Å². The Labute approximate surface area is 135 Å². The molecule has 0 amide bonds. The largest absolute Gasteiger partial charge is 0.492 e. The number of hydrogen-bond donors (Lipinski definition) is 1. The van der Waals surface area contributed by atoms with Gasteiger partial charge in [-0.3, -0.25) is 0 Å². The minimum Gasteiger partial charge on any atom is -0.492 e. The Bertz CT molecular complexity index is 449. The predicted molar refractivity (Wildman–Crippen MR) is 90.0 cm³/mol. The first-order valence-corrected chi connectivity index (χ1v) is 7.62. The highest BCUT2D eigenvalue weighted by Crippen LogP contribution is 2.12. The van der Waals surface area contributed by atoms with Gasteiger partial charge in [-0.25, -0.2) is 4.79 Å². The summed E-state index contributed by atoms with van der Waals surface area (Å²) in [4.78, 5) is 11.2. The summed E-state index contributed by atoms with van der Waals surface area (Å²) in [5.41, 5.74) is 0.942. The van der Waals surface area contributed by atoms with Crippen molar-refractivity contribution in [2.45, 2.75) is 13.8 Å². The molecule has 4 nitrogen and oxygen atoms in total. The van der Waals surface area contributed by atoms with Crippen molar-refractivity contribution >= 4 is 28.6 Å². The summed E-state index contributed by atoms with van der Waals surface area (Å²) in [6.07, 6.45) is 1.51. The molecule has 0 bridgehead atoms. The van der Waals surface area contributed by atoms with Gasteiger partial charge in [0.1, 0.15) is 12.4 Å². The number of ether oxygens (including phenoxy) is 2. The molecule has 20 heavy (non-hydrogen) atoms. The van der Waals surface area contributed by atoms with Crippen LogP contribution < -0.4 is 10.1 Å². The third-order valence-corrected chi connectivity index (χ3v) is 3.14. The molecule has 1 aromatic rings. The SMILES string of the molecule is CCOC(=O)/C=C(\C)CNCCOc1ccc(I)cc1.[HH]. The van der Waals surface area contributed by atoms with Crippen molar-refractivity contribution in [2.75, 3.05) is 26.3 Å². The van der Waals surface area contributed by atoms with Gasteiger partial charge in [0.05, 0.1) is 6.61 Å². The monoisotopic (exact) mass is 391 g/mol. The minimum atomic E-state index is -0.290. The third kappa shape index (κ3) is 7.49. The average molecular weight is 391 g/mol. The van der Waals surface area contributed by atoms with Crippen LogP contribution in [0.1, 0.15) is 15.3 Å². The number of nitrogens with one attached hydrogen (secondary N) is 1. The molecule has 112 valence electrons. The van der Waals surface area contributed by atoms with Crippen molar-refractivity contribution < 1.29 is 15.7 Å². The van der Waals surface area contributed by atoms with Crippen LogP contribution in [-0.2, 0) is 9.53 Å². The van der Waals surface area contributed by atoms with Crippen LogP contribution in [0.3, 0.4) is 0 Å². The van der Waals surface area contributed by atoms with E-state index in [-0.39, 0.29) is 7.40 Å². The molecule has 0 atom stereocenters. The van der Waals surface area contributed by atoms with Gasteiger partial charge >= 0.3 is 5.97 Å². The van der Waals surface area contributed by atoms with Gasteiger partial charge in [0, 0.05) is 24.2 Å². The van der Waals surface area contributed by atoms with Crippen LogP contribution in [0.2, 0.25) is 0 Å². The number of carbonyl (C=O) groups excluding carboxylic acids is 1. The van der Waals surface area contributed by atoms with Crippen LogP contribution in [0, 0.1) is 3.57 Å². The zero-order chi connectivity index (χ0) is 14.8. The lowest BCUT2D eigenvalue weighted by Gasteiger charge is -2.08. The molecule has 0 aliphatic heterocycles. The Morgan fingerprint density at radius 1 is 1.40 bits per heavy atom. The Kier molecular flexibility index (Phi) is 8.29. The van der Waals surface area contributed by atoms with Crippen LogP contribution >= 0.6 is 22.6 Å². The van der Waals surface area contributed by atoms with Crippen LogP contribution in [-0.4, -0.2) is 32.3 Å². The molecule has 0 aliphatic rings. The van der Waals surface area contributed by atoms with E-state index in [1.54, 1.807) is 6.92 Å². The quantitative estimate of drug-likeness (QED) is 0.320. The Morgan fingerprint density at radius 3 is 2.75 bits per heavy atom. The predicted octanol–water partition coefficient (Wildman–Crippen LogP) is 3.02. The number of benzene rings is 1. The third-order valence-electron chi connectivity index (χ3n) is 2.42. The van der Waals surface area contributed by atoms with Crippen molar-refractivity contribution in [3.8, 4) is 5.75 Å². The molecule has 1 N–H and O–H groups in total. The normalized spacial score (nSPS) is 11.2. The number of hydrogen-bond acceptors (Lipinski definition) is 4. The van der Waals surface area contributed by atoms with Crippen molar-refractivity contribution in [3.63, 3.8) is 0 Å². The molecule has 5 heteroatoms. The highest BCUT2D eigenvalue weighted by atomic mass is 127. The van der Waals surface area contributed by atoms with Crippen molar-refractivity contribution in [1.29, 1.82) is 0 Å². The Morgan fingerprint density at radius 2 is 2.10 bits per heavy atom. The van der Waals surface area contributed by atoms with Crippen LogP contribution in [0.4, 0.5) is 0 Å². The molecule has 1 aromatic carbocycles. The van der Waals surface area contributed by atoms with E-state index < -0.39 is 0 Å². The van der Waals surface area contributed by atoms with E-state index in [9.17, 15) is 4.79 Å². The molecule has 0 heterocycles. The Balaban J connectivity index is 0.00000400. The van der Waals surface area contributed by atoms with Gasteiger partial charge in [0.25, 0.3) is 0 Å². The lowest BCUT2D eigenvalue weighted by atomic mass is 10.3. The fourth-order valence-electron chi connectivity index (χ4n) is 1.49. The van der Waals surface area contributed by atoms with E-state index in [4.69, 9.17) is 9.47 Å². The van der Waals surface area contributed by atoms with E-state index in [1.165, 1.54) is 9.65 Å². The molecular weight excluding hydrogens is 369 g/mol. The second-order valence-corrected chi connectivity index (χ2v) is 5.47. The molecule has 0 aromatic heterocycles. The highest BCUT2D eigenvalue weighted by molar-refractivity contribution is 14.1. The van der Waals surface area contributed by atoms with E-state index in [2.05, 4.69) is 27.9 Å². The first-order valence-electron chi connectivity index (χ1n) is 6.55. The molecule has 0 saturated heterocycles. The lowest BCUT2D eigenvalue weighted by Crippen LogP contribution is -2.23. The first-order chi connectivity index (χ1) is 9.61. The number of esters is 1. The van der Waals surface area contributed by atoms with Crippen LogP contribution in [0.25, 0.3) is 0 Å². The van der Waals surface area contributed by atoms with Gasteiger partial charge < -0.3 is 14.8 Å². The summed E-state index contributed by atoms with van der Waals surface area (Å²) in [7, 11) is 0. The fraction of sp³-hybridized carbons (Fsp3) is 0.400. The summed E-state index contributed by atoms with van der Waals surface area (Å²) >= 11 is 2.26. The maximum absolute atomic E-state index is 11.2. The van der Waals surface area contributed by atoms with Crippen molar-refractivity contribution in [3.05, 3.63) is 39.5 Å². The van der Waals surface area contributed by atoms with Gasteiger partial charge in [0.2, 0.25) is 0 Å². The van der Waals surface area contributed by atoms with Crippen molar-refractivity contribution in [1.82, 2.24) is 5.32 Å². The number of rotatable bonds is 8. The topological polar surface area (TPSA) is 47.6 Å². The summed E-state index contributed by atoms with van der Waals surface area (Å²) in [6, 6.07) is 7.92. The molecule has 1 rings (SSSR count). The van der Waals surface area contributed by atoms with E-state index in [1.807, 2.05) is 31.2 Å². The van der Waals surface area contributed by atoms with E-state index in [0.717, 1.165) is 17.9 Å². The maximum atomic E-state index is 11.2. The molecule has 0 unspecified atom stereocenters. The standard InChI is InChI=1S/C15H20INO3.H2/c1-3-19-15(18)10-12(2)11-17-8-9-20-14-6-4-13(16)5-7-14;/h4-7,10,17H,3,8-9,11H2,1-2H3;1H/b12-10+;. The lowest BCUT2D eigenvalue weighted by molar-refractivity contribution is -0.137. The van der Waals surface area contributed by atoms with Gasteiger partial charge in [-0.15, -0.1) is 0 Å². The molecule has 0 aliphatic carbocycles. The second-order valence-electron chi connectivity index (χ2n) is 4.22. The van der Waals surface area contributed by atoms with Crippen LogP contribution in [0.5, 0.6) is 5.75 Å². The summed E-state index contributed by atoms with van der Waals surface area (Å²) in [6.45, 7) is 6.05. The smallest absolute Gasteiger partial charge is 0.330 e. The van der Waals surface area contributed by atoms with Crippen LogP contribution in [0.15, 0.2) is 35.9 Å². The Hall–Kier alpha value is -1.08. The zero-order valence-electron chi connectivity index (χ0n) is 11.8. The van der Waals surface area contributed by atoms with Gasteiger partial charge in [-0.05, 0) is 60.7 Å². The molecule has 0 fully saturated rings. The molecular formula is C15H22INO3. The maximum Gasteiger partial charge on any atom is 0.330 e. The molecule has 0 radical (unpaired) electrons. The van der Waals surface area contributed by atoms with Gasteiger partial charge in [-0.1, -0.05) is 5.57 Å². The zero-order valence-corrected chi connectivity index (χ0v) is 14.0. The summed E-state index contributed by atoms with van der Waals surface area (Å²) in [5.74, 6) is 0.577. The van der Waals surface area contributed by atoms with Gasteiger partial charge in [0.15, 0.2) is 0 Å². The minimum absolute atomic E-state index is 0. The summed E-state index contributed by atoms with van der Waals surface area (Å²) < 4.78 is 11.6. The average Bonchev–Trinajstić information content (AvgIpc) is 2.40. The molecule has 0 saturated carbocycles. The fourth-order valence-corrected chi connectivity index (χ4v) is 1.85. The van der Waals surface area contributed by atoms with Gasteiger partial charge in [-0.2, -0.15) is 0 Å². The van der Waals surface area contributed by atoms with Crippen molar-refractivity contribution in [2.24, 2.45) is 0 Å². The number of halogens is 1. The summed E-state index contributed by atoms with van der Waals surface area (Å²) in [5, 5.41) is 3.21. The molecule has 0 spiro atoms.